The van der Waals surface area contributed by atoms with Gasteiger partial charge in [0.2, 0.25) is 0 Å². The normalized spacial score (nSPS) is 15.8. The Balaban J connectivity index is 2.69. The molecule has 0 amide bonds. The predicted molar refractivity (Wildman–Crippen MR) is 126 cm³/mol. The monoisotopic (exact) mass is 413 g/mol. The number of carbonyl (C=O) groups is 1. The molecule has 0 radical (unpaired) electrons. The maximum absolute atomic E-state index is 12.9. The lowest BCUT2D eigenvalue weighted by Crippen LogP contribution is -2.57. The zero-order chi connectivity index (χ0) is 23.0. The number of aliphatic carboxylic acids is 1. The van der Waals surface area contributed by atoms with Gasteiger partial charge in [-0.05, 0) is 45.7 Å². The summed E-state index contributed by atoms with van der Waals surface area (Å²) in [5, 5.41) is 23.0. The summed E-state index contributed by atoms with van der Waals surface area (Å²) in [7, 11) is 0. The van der Waals surface area contributed by atoms with Crippen LogP contribution in [-0.4, -0.2) is 11.1 Å². The molecule has 1 N–H and O–H groups in total. The van der Waals surface area contributed by atoms with Crippen LogP contribution in [0.1, 0.15) is 64.2 Å². The number of benzene rings is 3. The second-order valence-corrected chi connectivity index (χ2v) is 9.81. The summed E-state index contributed by atoms with van der Waals surface area (Å²) in [5.41, 5.74) is -0.570. The fourth-order valence-corrected chi connectivity index (χ4v) is 5.43. The number of nitriles is 1. The highest BCUT2D eigenvalue weighted by Gasteiger charge is 2.63. The summed E-state index contributed by atoms with van der Waals surface area (Å²) in [4.78, 5) is 12.9. The van der Waals surface area contributed by atoms with Gasteiger partial charge in [0.15, 0.2) is 5.41 Å². The lowest BCUT2D eigenvalue weighted by atomic mass is 9.46. The van der Waals surface area contributed by atoms with E-state index in [1.54, 1.807) is 6.92 Å². The predicted octanol–water partition coefficient (Wildman–Crippen LogP) is 6.91. The zero-order valence-corrected chi connectivity index (χ0v) is 19.2. The molecule has 0 aliphatic heterocycles. The van der Waals surface area contributed by atoms with E-state index >= 15 is 0 Å². The maximum Gasteiger partial charge on any atom is 0.325 e. The molecule has 160 valence electrons. The molecule has 0 bridgehead atoms. The molecule has 2 atom stereocenters. The summed E-state index contributed by atoms with van der Waals surface area (Å²) in [6, 6.07) is 24.3. The number of carboxylic acid groups (broad SMARTS) is 1. The Kier molecular flexibility index (Phi) is 5.72. The molecule has 31 heavy (non-hydrogen) atoms. The first-order valence-corrected chi connectivity index (χ1v) is 10.7. The molecule has 0 saturated heterocycles. The Morgan fingerprint density at radius 1 is 0.871 bits per heavy atom. The molecule has 0 fully saturated rings. The fourth-order valence-electron chi connectivity index (χ4n) is 5.43. The van der Waals surface area contributed by atoms with Gasteiger partial charge in [-0.1, -0.05) is 101 Å². The van der Waals surface area contributed by atoms with Crippen LogP contribution in [0.4, 0.5) is 0 Å². The molecule has 0 aromatic heterocycles. The molecule has 0 heterocycles. The molecule has 0 saturated carbocycles. The molecule has 0 spiro atoms. The van der Waals surface area contributed by atoms with E-state index in [9.17, 15) is 15.2 Å². The minimum Gasteiger partial charge on any atom is -0.480 e. The molecule has 3 aromatic carbocycles. The van der Waals surface area contributed by atoms with Gasteiger partial charge in [-0.15, -0.1) is 0 Å². The minimum absolute atomic E-state index is 0.171. The standard InChI is InChI=1S/C28H31NO2/c1-19(2)21-14-9-10-16-23(21)28(26(3,4)5,27(6,18-29)25(30)31)24-17-11-13-20-12-7-8-15-22(20)24/h7-17,19H,1-6H3,(H,30,31)/t27-,28-/m1/s1. The van der Waals surface area contributed by atoms with Crippen LogP contribution < -0.4 is 0 Å². The van der Waals surface area contributed by atoms with Crippen LogP contribution in [-0.2, 0) is 10.2 Å². The highest BCUT2D eigenvalue weighted by Crippen LogP contribution is 2.60. The van der Waals surface area contributed by atoms with E-state index in [1.165, 1.54) is 0 Å². The molecule has 0 aliphatic rings. The molecule has 3 nitrogen and oxygen atoms in total. The molecule has 0 unspecified atom stereocenters. The van der Waals surface area contributed by atoms with Gasteiger partial charge in [0, 0.05) is 0 Å². The third-order valence-corrected chi connectivity index (χ3v) is 6.71. The third kappa shape index (κ3) is 3.22. The number of rotatable bonds is 5. The molecule has 3 rings (SSSR count). The van der Waals surface area contributed by atoms with Crippen molar-refractivity contribution in [3.05, 3.63) is 83.4 Å². The Labute approximate surface area is 185 Å². The van der Waals surface area contributed by atoms with Crippen molar-refractivity contribution in [2.45, 2.75) is 52.9 Å². The van der Waals surface area contributed by atoms with Crippen LogP contribution in [0.25, 0.3) is 10.8 Å². The Bertz CT molecular complexity index is 1160. The van der Waals surface area contributed by atoms with Gasteiger partial charge in [-0.25, -0.2) is 0 Å². The van der Waals surface area contributed by atoms with Gasteiger partial charge >= 0.3 is 5.97 Å². The van der Waals surface area contributed by atoms with E-state index in [1.807, 2.05) is 81.4 Å². The first kappa shape index (κ1) is 22.6. The number of hydrogen-bond acceptors (Lipinski definition) is 2. The van der Waals surface area contributed by atoms with Gasteiger partial charge in [0.05, 0.1) is 11.5 Å². The smallest absolute Gasteiger partial charge is 0.325 e. The van der Waals surface area contributed by atoms with Crippen molar-refractivity contribution in [1.82, 2.24) is 0 Å². The quantitative estimate of drug-likeness (QED) is 0.494. The second-order valence-electron chi connectivity index (χ2n) is 9.81. The van der Waals surface area contributed by atoms with Crippen LogP contribution in [0.5, 0.6) is 0 Å². The first-order chi connectivity index (χ1) is 14.5. The molecule has 0 aliphatic carbocycles. The fraction of sp³-hybridized carbons (Fsp3) is 0.357. The Morgan fingerprint density at radius 3 is 2.00 bits per heavy atom. The topological polar surface area (TPSA) is 61.1 Å². The third-order valence-electron chi connectivity index (χ3n) is 6.71. The van der Waals surface area contributed by atoms with Crippen molar-refractivity contribution in [3.8, 4) is 6.07 Å². The van der Waals surface area contributed by atoms with Crippen LogP contribution in [0.3, 0.4) is 0 Å². The summed E-state index contributed by atoms with van der Waals surface area (Å²) in [5.74, 6) is -0.943. The van der Waals surface area contributed by atoms with Gasteiger partial charge < -0.3 is 5.11 Å². The maximum atomic E-state index is 12.9. The molecular formula is C28H31NO2. The largest absolute Gasteiger partial charge is 0.480 e. The van der Waals surface area contributed by atoms with Gasteiger partial charge in [-0.3, -0.25) is 4.79 Å². The minimum atomic E-state index is -1.71. The van der Waals surface area contributed by atoms with Crippen molar-refractivity contribution in [2.75, 3.05) is 0 Å². The number of hydrogen-bond donors (Lipinski definition) is 1. The van der Waals surface area contributed by atoms with Crippen molar-refractivity contribution < 1.29 is 9.90 Å². The van der Waals surface area contributed by atoms with E-state index in [0.717, 1.165) is 27.5 Å². The van der Waals surface area contributed by atoms with E-state index in [0.29, 0.717) is 0 Å². The van der Waals surface area contributed by atoms with E-state index in [4.69, 9.17) is 0 Å². The second kappa shape index (κ2) is 7.85. The Hall–Kier alpha value is -3.12. The molecule has 3 aromatic rings. The summed E-state index contributed by atoms with van der Waals surface area (Å²) >= 11 is 0. The Morgan fingerprint density at radius 2 is 1.42 bits per heavy atom. The lowest BCUT2D eigenvalue weighted by Gasteiger charge is -2.53. The number of nitrogens with zero attached hydrogens (tertiary/aromatic N) is 1. The molecule has 3 heteroatoms. The van der Waals surface area contributed by atoms with E-state index in [-0.39, 0.29) is 5.92 Å². The van der Waals surface area contributed by atoms with E-state index in [2.05, 4.69) is 26.0 Å². The van der Waals surface area contributed by atoms with Crippen LogP contribution in [0, 0.1) is 22.2 Å². The van der Waals surface area contributed by atoms with Crippen LogP contribution >= 0.6 is 0 Å². The van der Waals surface area contributed by atoms with Crippen molar-refractivity contribution in [3.63, 3.8) is 0 Å². The van der Waals surface area contributed by atoms with E-state index < -0.39 is 22.2 Å². The lowest BCUT2D eigenvalue weighted by molar-refractivity contribution is -0.150. The molecular weight excluding hydrogens is 382 g/mol. The first-order valence-electron chi connectivity index (χ1n) is 10.7. The average Bonchev–Trinajstić information content (AvgIpc) is 2.73. The number of fused-ring (bicyclic) bond motifs is 1. The van der Waals surface area contributed by atoms with Gasteiger partial charge in [-0.2, -0.15) is 5.26 Å². The SMILES string of the molecule is CC(C)c1ccccc1[C@@](c1cccc2ccccc12)(C(C)(C)C)[C@](C)(C#N)C(=O)O. The average molecular weight is 414 g/mol. The van der Waals surface area contributed by atoms with Crippen LogP contribution in [0.2, 0.25) is 0 Å². The zero-order valence-electron chi connectivity index (χ0n) is 19.2. The van der Waals surface area contributed by atoms with Crippen molar-refractivity contribution in [1.29, 1.82) is 5.26 Å². The van der Waals surface area contributed by atoms with Gasteiger partial charge in [0.1, 0.15) is 0 Å². The van der Waals surface area contributed by atoms with Gasteiger partial charge in [0.25, 0.3) is 0 Å². The summed E-state index contributed by atoms with van der Waals surface area (Å²) < 4.78 is 0. The van der Waals surface area contributed by atoms with Crippen molar-refractivity contribution in [2.24, 2.45) is 10.8 Å². The highest BCUT2D eigenvalue weighted by molar-refractivity contribution is 5.91. The summed E-state index contributed by atoms with van der Waals surface area (Å²) in [6.07, 6.45) is 0. The number of carboxylic acids is 1. The summed E-state index contributed by atoms with van der Waals surface area (Å²) in [6.45, 7) is 11.9. The van der Waals surface area contributed by atoms with Crippen LogP contribution in [0.15, 0.2) is 66.7 Å². The highest BCUT2D eigenvalue weighted by atomic mass is 16.4. The van der Waals surface area contributed by atoms with Crippen molar-refractivity contribution >= 4 is 16.7 Å².